The molecule has 0 heterocycles. The summed E-state index contributed by atoms with van der Waals surface area (Å²) >= 11 is 1.93. The van der Waals surface area contributed by atoms with Crippen molar-refractivity contribution in [2.24, 2.45) is 0 Å². The number of benzene rings is 1. The zero-order valence-electron chi connectivity index (χ0n) is 10.1. The Balaban J connectivity index is 2.13. The molecule has 0 aliphatic heterocycles. The summed E-state index contributed by atoms with van der Waals surface area (Å²) in [6, 6.07) is 3.67. The largest absolute Gasteiger partial charge is 0.316 e. The summed E-state index contributed by atoms with van der Waals surface area (Å²) in [5.74, 6) is 1.32. The molecule has 1 N–H and O–H groups in total. The molecule has 0 aliphatic carbocycles. The number of rotatable bonds is 8. The molecule has 1 rings (SSSR count). The topological polar surface area (TPSA) is 12.0 Å². The highest BCUT2D eigenvalue weighted by Gasteiger charge is 2.00. The second-order valence-corrected chi connectivity index (χ2v) is 5.22. The molecule has 0 saturated carbocycles. The van der Waals surface area contributed by atoms with E-state index in [1.54, 1.807) is 0 Å². The van der Waals surface area contributed by atoms with Gasteiger partial charge in [0.15, 0.2) is 0 Å². The van der Waals surface area contributed by atoms with Crippen molar-refractivity contribution in [1.82, 2.24) is 5.32 Å². The van der Waals surface area contributed by atoms with Crippen molar-refractivity contribution in [3.8, 4) is 0 Å². The van der Waals surface area contributed by atoms with Crippen LogP contribution in [0.5, 0.6) is 0 Å². The van der Waals surface area contributed by atoms with Crippen LogP contribution in [0.1, 0.15) is 18.9 Å². The SMILES string of the molecule is CCSCCCNCCc1cc(F)cc(F)c1. The molecule has 0 aliphatic rings. The Morgan fingerprint density at radius 3 is 2.47 bits per heavy atom. The van der Waals surface area contributed by atoms with Crippen molar-refractivity contribution in [2.75, 3.05) is 24.6 Å². The van der Waals surface area contributed by atoms with E-state index in [4.69, 9.17) is 0 Å². The fourth-order valence-corrected chi connectivity index (χ4v) is 2.19. The van der Waals surface area contributed by atoms with E-state index in [2.05, 4.69) is 12.2 Å². The highest BCUT2D eigenvalue weighted by molar-refractivity contribution is 7.99. The molecule has 1 nitrogen and oxygen atoms in total. The van der Waals surface area contributed by atoms with Gasteiger partial charge in [0, 0.05) is 6.07 Å². The van der Waals surface area contributed by atoms with Gasteiger partial charge in [0.1, 0.15) is 11.6 Å². The van der Waals surface area contributed by atoms with Crippen LogP contribution in [0.15, 0.2) is 18.2 Å². The van der Waals surface area contributed by atoms with E-state index in [0.717, 1.165) is 37.1 Å². The molecule has 0 radical (unpaired) electrons. The Kier molecular flexibility index (Phi) is 7.21. The molecule has 1 aromatic carbocycles. The number of thioether (sulfide) groups is 1. The summed E-state index contributed by atoms with van der Waals surface area (Å²) in [6.07, 6.45) is 1.80. The standard InChI is InChI=1S/C13H19F2NS/c1-2-17-7-3-5-16-6-4-11-8-12(14)10-13(15)9-11/h8-10,16H,2-7H2,1H3. The van der Waals surface area contributed by atoms with E-state index in [1.807, 2.05) is 11.8 Å². The first-order valence-electron chi connectivity index (χ1n) is 5.96. The second kappa shape index (κ2) is 8.48. The van der Waals surface area contributed by atoms with Crippen LogP contribution in [0.4, 0.5) is 8.78 Å². The Hall–Kier alpha value is -0.610. The van der Waals surface area contributed by atoms with Crippen molar-refractivity contribution in [3.05, 3.63) is 35.4 Å². The molecule has 0 amide bonds. The fraction of sp³-hybridized carbons (Fsp3) is 0.538. The fourth-order valence-electron chi connectivity index (χ4n) is 1.56. The summed E-state index contributed by atoms with van der Waals surface area (Å²) < 4.78 is 25.8. The van der Waals surface area contributed by atoms with Crippen molar-refractivity contribution < 1.29 is 8.78 Å². The van der Waals surface area contributed by atoms with Gasteiger partial charge in [-0.15, -0.1) is 0 Å². The van der Waals surface area contributed by atoms with Gasteiger partial charge in [0.25, 0.3) is 0 Å². The van der Waals surface area contributed by atoms with Gasteiger partial charge < -0.3 is 5.32 Å². The molecule has 96 valence electrons. The number of hydrogen-bond donors (Lipinski definition) is 1. The maximum Gasteiger partial charge on any atom is 0.126 e. The van der Waals surface area contributed by atoms with Gasteiger partial charge in [0.2, 0.25) is 0 Å². The lowest BCUT2D eigenvalue weighted by atomic mass is 10.1. The van der Waals surface area contributed by atoms with E-state index < -0.39 is 11.6 Å². The minimum absolute atomic E-state index is 0.501. The lowest BCUT2D eigenvalue weighted by molar-refractivity contribution is 0.577. The number of hydrogen-bond acceptors (Lipinski definition) is 2. The van der Waals surface area contributed by atoms with Crippen LogP contribution in [-0.2, 0) is 6.42 Å². The van der Waals surface area contributed by atoms with E-state index in [9.17, 15) is 8.78 Å². The Morgan fingerprint density at radius 2 is 1.82 bits per heavy atom. The predicted octanol–water partition coefficient (Wildman–Crippen LogP) is 3.24. The highest BCUT2D eigenvalue weighted by atomic mass is 32.2. The van der Waals surface area contributed by atoms with Gasteiger partial charge in [0.05, 0.1) is 0 Å². The Bertz CT molecular complexity index is 311. The monoisotopic (exact) mass is 259 g/mol. The van der Waals surface area contributed by atoms with Crippen LogP contribution in [0.2, 0.25) is 0 Å². The van der Waals surface area contributed by atoms with Gasteiger partial charge in [-0.25, -0.2) is 8.78 Å². The molecule has 17 heavy (non-hydrogen) atoms. The molecule has 0 unspecified atom stereocenters. The van der Waals surface area contributed by atoms with E-state index in [0.29, 0.717) is 12.0 Å². The smallest absolute Gasteiger partial charge is 0.126 e. The van der Waals surface area contributed by atoms with Gasteiger partial charge >= 0.3 is 0 Å². The van der Waals surface area contributed by atoms with Crippen LogP contribution < -0.4 is 5.32 Å². The molecule has 4 heteroatoms. The average molecular weight is 259 g/mol. The van der Waals surface area contributed by atoms with Crippen molar-refractivity contribution >= 4 is 11.8 Å². The van der Waals surface area contributed by atoms with Gasteiger partial charge in [-0.3, -0.25) is 0 Å². The Morgan fingerprint density at radius 1 is 1.12 bits per heavy atom. The van der Waals surface area contributed by atoms with Crippen LogP contribution >= 0.6 is 11.8 Å². The third-order valence-corrected chi connectivity index (χ3v) is 3.34. The number of halogens is 2. The third-order valence-electron chi connectivity index (χ3n) is 2.36. The first kappa shape index (κ1) is 14.5. The maximum atomic E-state index is 12.9. The molecular weight excluding hydrogens is 240 g/mol. The van der Waals surface area contributed by atoms with Gasteiger partial charge in [-0.2, -0.15) is 11.8 Å². The molecule has 0 spiro atoms. The first-order chi connectivity index (χ1) is 8.22. The van der Waals surface area contributed by atoms with Crippen LogP contribution in [0.25, 0.3) is 0 Å². The summed E-state index contributed by atoms with van der Waals surface area (Å²) in [4.78, 5) is 0. The minimum atomic E-state index is -0.501. The first-order valence-corrected chi connectivity index (χ1v) is 7.11. The van der Waals surface area contributed by atoms with Gasteiger partial charge in [-0.05, 0) is 55.1 Å². The molecule has 0 saturated heterocycles. The molecule has 0 fully saturated rings. The third kappa shape index (κ3) is 6.64. The Labute approximate surface area is 106 Å². The molecular formula is C13H19F2NS. The zero-order valence-corrected chi connectivity index (χ0v) is 11.0. The van der Waals surface area contributed by atoms with Crippen molar-refractivity contribution in [1.29, 1.82) is 0 Å². The van der Waals surface area contributed by atoms with Crippen molar-refractivity contribution in [3.63, 3.8) is 0 Å². The van der Waals surface area contributed by atoms with E-state index in [-0.39, 0.29) is 0 Å². The zero-order chi connectivity index (χ0) is 12.5. The maximum absolute atomic E-state index is 12.9. The molecule has 0 bridgehead atoms. The van der Waals surface area contributed by atoms with E-state index in [1.165, 1.54) is 12.1 Å². The summed E-state index contributed by atoms with van der Waals surface area (Å²) in [6.45, 7) is 3.88. The predicted molar refractivity (Wildman–Crippen MR) is 70.5 cm³/mol. The molecule has 0 aromatic heterocycles. The normalized spacial score (nSPS) is 10.8. The lowest BCUT2D eigenvalue weighted by Crippen LogP contribution is -2.19. The summed E-state index contributed by atoms with van der Waals surface area (Å²) in [5, 5.41) is 3.27. The quantitative estimate of drug-likeness (QED) is 0.719. The van der Waals surface area contributed by atoms with Crippen LogP contribution in [0.3, 0.4) is 0 Å². The molecule has 0 atom stereocenters. The summed E-state index contributed by atoms with van der Waals surface area (Å²) in [5.41, 5.74) is 0.706. The van der Waals surface area contributed by atoms with Crippen LogP contribution in [0, 0.1) is 11.6 Å². The average Bonchev–Trinajstić information content (AvgIpc) is 2.26. The van der Waals surface area contributed by atoms with Crippen molar-refractivity contribution in [2.45, 2.75) is 19.8 Å². The van der Waals surface area contributed by atoms with Gasteiger partial charge in [-0.1, -0.05) is 6.92 Å². The van der Waals surface area contributed by atoms with E-state index >= 15 is 0 Å². The minimum Gasteiger partial charge on any atom is -0.316 e. The lowest BCUT2D eigenvalue weighted by Gasteiger charge is -2.05. The second-order valence-electron chi connectivity index (χ2n) is 3.83. The van der Waals surface area contributed by atoms with Crippen LogP contribution in [-0.4, -0.2) is 24.6 Å². The summed E-state index contributed by atoms with van der Waals surface area (Å²) in [7, 11) is 0. The molecule has 1 aromatic rings. The highest BCUT2D eigenvalue weighted by Crippen LogP contribution is 2.08. The number of nitrogens with one attached hydrogen (secondary N) is 1.